The van der Waals surface area contributed by atoms with Crippen molar-refractivity contribution in [2.45, 2.75) is 56.4 Å². The number of sulfonamides is 1. The van der Waals surface area contributed by atoms with Gasteiger partial charge in [0.25, 0.3) is 11.8 Å². The van der Waals surface area contributed by atoms with Gasteiger partial charge in [0.15, 0.2) is 0 Å². The van der Waals surface area contributed by atoms with Gasteiger partial charge >= 0.3 is 0 Å². The summed E-state index contributed by atoms with van der Waals surface area (Å²) in [5, 5.41) is 14.4. The molecule has 0 saturated heterocycles. The van der Waals surface area contributed by atoms with Crippen LogP contribution in [-0.4, -0.2) is 32.8 Å². The average Bonchev–Trinajstić information content (AvgIpc) is 2.81. The predicted molar refractivity (Wildman–Crippen MR) is 125 cm³/mol. The van der Waals surface area contributed by atoms with Gasteiger partial charge in [-0.2, -0.15) is 5.26 Å². The van der Waals surface area contributed by atoms with E-state index >= 15 is 0 Å². The SMILES string of the molecule is Cc1cc(C(=O)NC2CCCCC2)ccc1NC(=O)c1ccc(S(=O)(=O)NCCC#N)cc1. The molecule has 0 unspecified atom stereocenters. The highest BCUT2D eigenvalue weighted by atomic mass is 32.2. The van der Waals surface area contributed by atoms with Gasteiger partial charge in [-0.1, -0.05) is 19.3 Å². The third-order valence-electron chi connectivity index (χ3n) is 5.63. The quantitative estimate of drug-likeness (QED) is 0.511. The number of rotatable bonds is 8. The molecule has 1 fully saturated rings. The summed E-state index contributed by atoms with van der Waals surface area (Å²) in [5.41, 5.74) is 2.17. The zero-order valence-electron chi connectivity index (χ0n) is 18.6. The van der Waals surface area contributed by atoms with Crippen LogP contribution in [0.2, 0.25) is 0 Å². The third-order valence-corrected chi connectivity index (χ3v) is 7.11. The monoisotopic (exact) mass is 468 g/mol. The summed E-state index contributed by atoms with van der Waals surface area (Å²) in [6.07, 6.45) is 5.58. The first-order valence-electron chi connectivity index (χ1n) is 11.0. The summed E-state index contributed by atoms with van der Waals surface area (Å²) in [5.74, 6) is -0.498. The maximum atomic E-state index is 12.6. The van der Waals surface area contributed by atoms with Crippen molar-refractivity contribution in [1.82, 2.24) is 10.0 Å². The Hall–Kier alpha value is -3.22. The van der Waals surface area contributed by atoms with Crippen molar-refractivity contribution in [2.24, 2.45) is 0 Å². The van der Waals surface area contributed by atoms with Crippen molar-refractivity contribution >= 4 is 27.5 Å². The van der Waals surface area contributed by atoms with E-state index in [0.29, 0.717) is 16.8 Å². The molecule has 2 aromatic carbocycles. The molecule has 0 spiro atoms. The molecule has 3 N–H and O–H groups in total. The van der Waals surface area contributed by atoms with Crippen LogP contribution in [0.4, 0.5) is 5.69 Å². The van der Waals surface area contributed by atoms with Gasteiger partial charge in [-0.3, -0.25) is 9.59 Å². The highest BCUT2D eigenvalue weighted by molar-refractivity contribution is 7.89. The van der Waals surface area contributed by atoms with Crippen LogP contribution in [0.3, 0.4) is 0 Å². The molecule has 1 aliphatic rings. The molecule has 174 valence electrons. The average molecular weight is 469 g/mol. The first-order valence-corrected chi connectivity index (χ1v) is 12.5. The standard InChI is InChI=1S/C24H28N4O4S/c1-17-16-19(24(30)27-20-6-3-2-4-7-20)10-13-22(17)28-23(29)18-8-11-21(12-9-18)33(31,32)26-15-5-14-25/h8-13,16,20,26H,2-7,15H2,1H3,(H,27,30)(H,28,29). The molecular formula is C24H28N4O4S. The van der Waals surface area contributed by atoms with Gasteiger partial charge in [0.1, 0.15) is 0 Å². The van der Waals surface area contributed by atoms with Gasteiger partial charge in [0.05, 0.1) is 11.0 Å². The number of hydrogen-bond acceptors (Lipinski definition) is 5. The molecule has 8 nitrogen and oxygen atoms in total. The lowest BCUT2D eigenvalue weighted by molar-refractivity contribution is 0.0927. The Morgan fingerprint density at radius 1 is 1.00 bits per heavy atom. The van der Waals surface area contributed by atoms with E-state index in [1.165, 1.54) is 30.7 Å². The van der Waals surface area contributed by atoms with Crippen LogP contribution in [0, 0.1) is 18.3 Å². The molecule has 0 radical (unpaired) electrons. The van der Waals surface area contributed by atoms with E-state index in [-0.39, 0.29) is 35.7 Å². The molecule has 2 amide bonds. The van der Waals surface area contributed by atoms with Crippen LogP contribution in [0.25, 0.3) is 0 Å². The highest BCUT2D eigenvalue weighted by Gasteiger charge is 2.18. The van der Waals surface area contributed by atoms with Crippen LogP contribution in [-0.2, 0) is 10.0 Å². The van der Waals surface area contributed by atoms with E-state index in [0.717, 1.165) is 31.2 Å². The van der Waals surface area contributed by atoms with Crippen molar-refractivity contribution in [1.29, 1.82) is 5.26 Å². The van der Waals surface area contributed by atoms with Crippen molar-refractivity contribution in [3.8, 4) is 6.07 Å². The van der Waals surface area contributed by atoms with Crippen molar-refractivity contribution in [3.05, 3.63) is 59.2 Å². The minimum atomic E-state index is -3.74. The largest absolute Gasteiger partial charge is 0.349 e. The normalized spacial score (nSPS) is 14.3. The number of hydrogen-bond donors (Lipinski definition) is 3. The molecule has 9 heteroatoms. The minimum absolute atomic E-state index is 0.0153. The van der Waals surface area contributed by atoms with Crippen LogP contribution in [0.15, 0.2) is 47.4 Å². The number of nitriles is 1. The number of carbonyl (C=O) groups is 2. The lowest BCUT2D eigenvalue weighted by Gasteiger charge is -2.23. The predicted octanol–water partition coefficient (Wildman–Crippen LogP) is 3.50. The van der Waals surface area contributed by atoms with Crippen molar-refractivity contribution in [2.75, 3.05) is 11.9 Å². The number of nitrogens with zero attached hydrogens (tertiary/aromatic N) is 1. The first-order chi connectivity index (χ1) is 15.8. The lowest BCUT2D eigenvalue weighted by Crippen LogP contribution is -2.36. The Bertz CT molecular complexity index is 1150. The van der Waals surface area contributed by atoms with E-state index in [9.17, 15) is 18.0 Å². The molecule has 0 heterocycles. The van der Waals surface area contributed by atoms with E-state index < -0.39 is 10.0 Å². The summed E-state index contributed by atoms with van der Waals surface area (Å²) < 4.78 is 26.7. The van der Waals surface area contributed by atoms with Crippen LogP contribution >= 0.6 is 0 Å². The van der Waals surface area contributed by atoms with Gasteiger partial charge in [0, 0.05) is 35.8 Å². The zero-order chi connectivity index (χ0) is 23.8. The summed E-state index contributed by atoms with van der Waals surface area (Å²) in [6, 6.07) is 12.8. The Balaban J connectivity index is 1.63. The number of amides is 2. The number of aryl methyl sites for hydroxylation is 1. The molecular weight excluding hydrogens is 440 g/mol. The Morgan fingerprint density at radius 2 is 1.67 bits per heavy atom. The van der Waals surface area contributed by atoms with Crippen LogP contribution in [0.5, 0.6) is 0 Å². The number of benzene rings is 2. The molecule has 0 bridgehead atoms. The number of carbonyl (C=O) groups excluding carboxylic acids is 2. The summed E-state index contributed by atoms with van der Waals surface area (Å²) in [4.78, 5) is 25.2. The highest BCUT2D eigenvalue weighted by Crippen LogP contribution is 2.21. The van der Waals surface area contributed by atoms with E-state index in [2.05, 4.69) is 15.4 Å². The lowest BCUT2D eigenvalue weighted by atomic mass is 9.95. The second-order valence-electron chi connectivity index (χ2n) is 8.12. The van der Waals surface area contributed by atoms with Gasteiger partial charge in [-0.05, 0) is 67.8 Å². The Morgan fingerprint density at radius 3 is 2.30 bits per heavy atom. The van der Waals surface area contributed by atoms with E-state index in [1.54, 1.807) is 18.2 Å². The maximum Gasteiger partial charge on any atom is 0.255 e. The molecule has 0 atom stereocenters. The summed E-state index contributed by atoms with van der Waals surface area (Å²) in [6.45, 7) is 1.84. The second-order valence-corrected chi connectivity index (χ2v) is 9.89. The smallest absolute Gasteiger partial charge is 0.255 e. The molecule has 3 rings (SSSR count). The molecule has 2 aromatic rings. The second kappa shape index (κ2) is 11.1. The van der Waals surface area contributed by atoms with Crippen LogP contribution < -0.4 is 15.4 Å². The fourth-order valence-corrected chi connectivity index (χ4v) is 4.80. The summed E-state index contributed by atoms with van der Waals surface area (Å²) >= 11 is 0. The van der Waals surface area contributed by atoms with Crippen molar-refractivity contribution < 1.29 is 18.0 Å². The fraction of sp³-hybridized carbons (Fsp3) is 0.375. The van der Waals surface area contributed by atoms with Gasteiger partial charge in [-0.15, -0.1) is 0 Å². The van der Waals surface area contributed by atoms with Gasteiger partial charge in [0.2, 0.25) is 10.0 Å². The Kier molecular flexibility index (Phi) is 8.20. The molecule has 0 aromatic heterocycles. The summed E-state index contributed by atoms with van der Waals surface area (Å²) in [7, 11) is -3.74. The number of nitrogens with one attached hydrogen (secondary N) is 3. The third kappa shape index (κ3) is 6.63. The van der Waals surface area contributed by atoms with Crippen molar-refractivity contribution in [3.63, 3.8) is 0 Å². The first kappa shape index (κ1) is 24.4. The molecule has 33 heavy (non-hydrogen) atoms. The number of anilines is 1. The maximum absolute atomic E-state index is 12.6. The van der Waals surface area contributed by atoms with E-state index in [4.69, 9.17) is 5.26 Å². The minimum Gasteiger partial charge on any atom is -0.349 e. The van der Waals surface area contributed by atoms with Gasteiger partial charge < -0.3 is 10.6 Å². The molecule has 1 saturated carbocycles. The fourth-order valence-electron chi connectivity index (χ4n) is 3.77. The molecule has 0 aliphatic heterocycles. The van der Waals surface area contributed by atoms with Crippen LogP contribution in [0.1, 0.15) is 64.8 Å². The molecule has 1 aliphatic carbocycles. The Labute approximate surface area is 194 Å². The van der Waals surface area contributed by atoms with Gasteiger partial charge in [-0.25, -0.2) is 13.1 Å². The van der Waals surface area contributed by atoms with E-state index in [1.807, 2.05) is 13.0 Å². The zero-order valence-corrected chi connectivity index (χ0v) is 19.4. The topological polar surface area (TPSA) is 128 Å².